The topological polar surface area (TPSA) is 45.0 Å². The number of nitrogens with zero attached hydrogens (tertiary/aromatic N) is 1. The highest BCUT2D eigenvalue weighted by Gasteiger charge is 2.13. The molecule has 0 saturated heterocycles. The Morgan fingerprint density at radius 2 is 2.15 bits per heavy atom. The molecule has 2 aromatic carbocycles. The second-order valence-corrected chi connectivity index (χ2v) is 5.02. The lowest BCUT2D eigenvalue weighted by Crippen LogP contribution is -2.06. The summed E-state index contributed by atoms with van der Waals surface area (Å²) in [5, 5.41) is 12.4. The maximum atomic E-state index is 8.96. The Balaban J connectivity index is 1.78. The van der Waals surface area contributed by atoms with E-state index in [1.807, 2.05) is 36.4 Å². The molecule has 0 bridgehead atoms. The summed E-state index contributed by atoms with van der Waals surface area (Å²) in [4.78, 5) is 0. The van der Waals surface area contributed by atoms with Crippen LogP contribution in [0.4, 0.5) is 5.69 Å². The van der Waals surface area contributed by atoms with E-state index in [0.717, 1.165) is 30.0 Å². The van der Waals surface area contributed by atoms with Gasteiger partial charge in [-0.15, -0.1) is 0 Å². The third-order valence-corrected chi connectivity index (χ3v) is 3.59. The average molecular weight is 264 g/mol. The summed E-state index contributed by atoms with van der Waals surface area (Å²) in [6, 6.07) is 16.2. The molecule has 0 amide bonds. The minimum atomic E-state index is 0.156. The van der Waals surface area contributed by atoms with Gasteiger partial charge in [0.05, 0.1) is 18.2 Å². The lowest BCUT2D eigenvalue weighted by Gasteiger charge is -2.16. The molecule has 0 aliphatic carbocycles. The molecule has 1 aliphatic rings. The van der Waals surface area contributed by atoms with Gasteiger partial charge in [-0.05, 0) is 48.4 Å². The highest BCUT2D eigenvalue weighted by atomic mass is 16.5. The van der Waals surface area contributed by atoms with Gasteiger partial charge in [0.15, 0.2) is 0 Å². The summed E-state index contributed by atoms with van der Waals surface area (Å²) < 4.78 is 5.51. The fraction of sp³-hybridized carbons (Fsp3) is 0.235. The van der Waals surface area contributed by atoms with E-state index in [-0.39, 0.29) is 6.04 Å². The summed E-state index contributed by atoms with van der Waals surface area (Å²) in [7, 11) is 0. The number of hydrogen-bond donors (Lipinski definition) is 1. The Hall–Kier alpha value is -2.47. The van der Waals surface area contributed by atoms with Gasteiger partial charge in [0, 0.05) is 18.2 Å². The second-order valence-electron chi connectivity index (χ2n) is 5.02. The van der Waals surface area contributed by atoms with E-state index in [1.54, 1.807) is 0 Å². The van der Waals surface area contributed by atoms with Gasteiger partial charge in [0.1, 0.15) is 5.75 Å². The van der Waals surface area contributed by atoms with Crippen LogP contribution in [0.15, 0.2) is 42.5 Å². The smallest absolute Gasteiger partial charge is 0.122 e. The summed E-state index contributed by atoms with van der Waals surface area (Å²) in [6.07, 6.45) is 0.975. The van der Waals surface area contributed by atoms with E-state index in [1.165, 1.54) is 5.56 Å². The zero-order valence-electron chi connectivity index (χ0n) is 11.4. The third-order valence-electron chi connectivity index (χ3n) is 3.59. The van der Waals surface area contributed by atoms with Gasteiger partial charge in [0.2, 0.25) is 0 Å². The van der Waals surface area contributed by atoms with Gasteiger partial charge in [-0.3, -0.25) is 0 Å². The van der Waals surface area contributed by atoms with Gasteiger partial charge in [0.25, 0.3) is 0 Å². The van der Waals surface area contributed by atoms with E-state index in [9.17, 15) is 0 Å². The van der Waals surface area contributed by atoms with Crippen molar-refractivity contribution in [3.05, 3.63) is 59.2 Å². The first-order valence-corrected chi connectivity index (χ1v) is 6.78. The monoisotopic (exact) mass is 264 g/mol. The molecule has 0 saturated carbocycles. The molecular formula is C17H16N2O. The van der Waals surface area contributed by atoms with Crippen molar-refractivity contribution in [3.63, 3.8) is 0 Å². The first kappa shape index (κ1) is 12.6. The minimum Gasteiger partial charge on any atom is -0.493 e. The van der Waals surface area contributed by atoms with Gasteiger partial charge < -0.3 is 10.1 Å². The van der Waals surface area contributed by atoms with Crippen LogP contribution in [0, 0.1) is 11.3 Å². The molecule has 0 radical (unpaired) electrons. The number of benzene rings is 2. The molecule has 1 N–H and O–H groups in total. The summed E-state index contributed by atoms with van der Waals surface area (Å²) in [6.45, 7) is 2.87. The van der Waals surface area contributed by atoms with Crippen LogP contribution in [-0.4, -0.2) is 6.61 Å². The molecule has 0 fully saturated rings. The highest BCUT2D eigenvalue weighted by Crippen LogP contribution is 2.29. The van der Waals surface area contributed by atoms with Crippen LogP contribution in [0.5, 0.6) is 5.75 Å². The summed E-state index contributed by atoms with van der Waals surface area (Å²) in [5.41, 5.74) is 4.15. The molecule has 1 aliphatic heterocycles. The van der Waals surface area contributed by atoms with Crippen molar-refractivity contribution in [1.29, 1.82) is 5.26 Å². The fourth-order valence-corrected chi connectivity index (χ4v) is 2.49. The number of ether oxygens (including phenoxy) is 1. The van der Waals surface area contributed by atoms with Crippen molar-refractivity contribution in [3.8, 4) is 11.8 Å². The van der Waals surface area contributed by atoms with E-state index in [0.29, 0.717) is 5.56 Å². The van der Waals surface area contributed by atoms with Crippen LogP contribution in [0.3, 0.4) is 0 Å². The van der Waals surface area contributed by atoms with E-state index in [4.69, 9.17) is 10.00 Å². The molecule has 2 aromatic rings. The molecular weight excluding hydrogens is 248 g/mol. The molecule has 0 spiro atoms. The van der Waals surface area contributed by atoms with Crippen LogP contribution in [0.2, 0.25) is 0 Å². The van der Waals surface area contributed by atoms with Gasteiger partial charge in [-0.2, -0.15) is 5.26 Å². The Morgan fingerprint density at radius 3 is 3.00 bits per heavy atom. The van der Waals surface area contributed by atoms with Crippen LogP contribution >= 0.6 is 0 Å². The van der Waals surface area contributed by atoms with Crippen molar-refractivity contribution in [2.45, 2.75) is 19.4 Å². The number of rotatable bonds is 3. The quantitative estimate of drug-likeness (QED) is 0.920. The lowest BCUT2D eigenvalue weighted by molar-refractivity contribution is 0.357. The van der Waals surface area contributed by atoms with E-state index >= 15 is 0 Å². The predicted octanol–water partition coefficient (Wildman–Crippen LogP) is 3.67. The van der Waals surface area contributed by atoms with Crippen LogP contribution in [-0.2, 0) is 6.42 Å². The van der Waals surface area contributed by atoms with Crippen LogP contribution in [0.25, 0.3) is 0 Å². The molecule has 100 valence electrons. The summed E-state index contributed by atoms with van der Waals surface area (Å²) >= 11 is 0. The minimum absolute atomic E-state index is 0.156. The van der Waals surface area contributed by atoms with Crippen molar-refractivity contribution >= 4 is 5.69 Å². The zero-order valence-corrected chi connectivity index (χ0v) is 11.4. The highest BCUT2D eigenvalue weighted by molar-refractivity contribution is 5.53. The van der Waals surface area contributed by atoms with E-state index in [2.05, 4.69) is 24.4 Å². The normalized spacial score (nSPS) is 14.0. The Labute approximate surface area is 118 Å². The van der Waals surface area contributed by atoms with Gasteiger partial charge in [-0.1, -0.05) is 12.1 Å². The van der Waals surface area contributed by atoms with Crippen LogP contribution in [0.1, 0.15) is 29.7 Å². The molecule has 3 nitrogen and oxygen atoms in total. The number of nitrogens with one attached hydrogen (secondary N) is 1. The molecule has 0 aromatic heterocycles. The fourth-order valence-electron chi connectivity index (χ4n) is 2.49. The maximum absolute atomic E-state index is 8.96. The van der Waals surface area contributed by atoms with Crippen molar-refractivity contribution in [2.75, 3.05) is 11.9 Å². The number of anilines is 1. The first-order valence-electron chi connectivity index (χ1n) is 6.78. The zero-order chi connectivity index (χ0) is 13.9. The van der Waals surface area contributed by atoms with Crippen molar-refractivity contribution in [1.82, 2.24) is 0 Å². The van der Waals surface area contributed by atoms with Crippen molar-refractivity contribution in [2.24, 2.45) is 0 Å². The SMILES string of the molecule is CC(Nc1ccc2c(c1)CCO2)c1cccc(C#N)c1. The summed E-state index contributed by atoms with van der Waals surface area (Å²) in [5.74, 6) is 0.995. The average Bonchev–Trinajstić information content (AvgIpc) is 2.95. The Morgan fingerprint density at radius 1 is 1.25 bits per heavy atom. The predicted molar refractivity (Wildman–Crippen MR) is 78.8 cm³/mol. The lowest BCUT2D eigenvalue weighted by atomic mass is 10.0. The largest absolute Gasteiger partial charge is 0.493 e. The molecule has 1 unspecified atom stereocenters. The number of hydrogen-bond acceptors (Lipinski definition) is 3. The van der Waals surface area contributed by atoms with Crippen molar-refractivity contribution < 1.29 is 4.74 Å². The molecule has 1 atom stereocenters. The molecule has 1 heterocycles. The third kappa shape index (κ3) is 2.46. The Bertz CT molecular complexity index is 673. The molecule has 3 heteroatoms. The van der Waals surface area contributed by atoms with Crippen LogP contribution < -0.4 is 10.1 Å². The maximum Gasteiger partial charge on any atom is 0.122 e. The molecule has 3 rings (SSSR count). The standard InChI is InChI=1S/C17H16N2O/c1-12(14-4-2-3-13(9-14)11-18)19-16-5-6-17-15(10-16)7-8-20-17/h2-6,9-10,12,19H,7-8H2,1H3. The first-order chi connectivity index (χ1) is 9.76. The second kappa shape index (κ2) is 5.26. The number of nitriles is 1. The van der Waals surface area contributed by atoms with Gasteiger partial charge >= 0.3 is 0 Å². The van der Waals surface area contributed by atoms with Gasteiger partial charge in [-0.25, -0.2) is 0 Å². The number of fused-ring (bicyclic) bond motifs is 1. The Kier molecular flexibility index (Phi) is 3.30. The van der Waals surface area contributed by atoms with E-state index < -0.39 is 0 Å². The molecule has 20 heavy (non-hydrogen) atoms.